The number of hydrogen-bond acceptors (Lipinski definition) is 5. The van der Waals surface area contributed by atoms with Crippen molar-refractivity contribution in [2.24, 2.45) is 0 Å². The summed E-state index contributed by atoms with van der Waals surface area (Å²) in [5.41, 5.74) is 0.766. The Labute approximate surface area is 164 Å². The zero-order valence-corrected chi connectivity index (χ0v) is 17.0. The summed E-state index contributed by atoms with van der Waals surface area (Å²) in [4.78, 5) is 26.2. The molecule has 0 saturated carbocycles. The second-order valence-corrected chi connectivity index (χ2v) is 7.16. The van der Waals surface area contributed by atoms with Gasteiger partial charge in [0.15, 0.2) is 11.2 Å². The van der Waals surface area contributed by atoms with Crippen LogP contribution in [-0.4, -0.2) is 18.0 Å². The van der Waals surface area contributed by atoms with Gasteiger partial charge in [-0.15, -0.1) is 0 Å². The standard InChI is InChI=1S/C23H26O5/c1-6-15-20(25)19-16(24)12-18(14-9-10-17(27-5)13(4)11-14)28-22(19)23(7-2,8-3)21(15)26/h9-12,25H,6-8H2,1-5H3. The highest BCUT2D eigenvalue weighted by molar-refractivity contribution is 6.10. The van der Waals surface area contributed by atoms with Gasteiger partial charge >= 0.3 is 0 Å². The summed E-state index contributed by atoms with van der Waals surface area (Å²) in [6.07, 6.45) is 1.34. The normalized spacial score (nSPS) is 15.5. The van der Waals surface area contributed by atoms with E-state index in [1.807, 2.05) is 39.0 Å². The first kappa shape index (κ1) is 19.9. The summed E-state index contributed by atoms with van der Waals surface area (Å²) in [5, 5.41) is 10.7. The number of rotatable bonds is 5. The van der Waals surface area contributed by atoms with E-state index >= 15 is 0 Å². The van der Waals surface area contributed by atoms with Gasteiger partial charge in [0.1, 0.15) is 28.6 Å². The molecule has 1 aliphatic rings. The van der Waals surface area contributed by atoms with Crippen molar-refractivity contribution in [3.05, 3.63) is 56.9 Å². The lowest BCUT2D eigenvalue weighted by molar-refractivity contribution is -0.122. The quantitative estimate of drug-likeness (QED) is 0.792. The van der Waals surface area contributed by atoms with E-state index in [-0.39, 0.29) is 28.3 Å². The van der Waals surface area contributed by atoms with Gasteiger partial charge in [-0.05, 0) is 49.9 Å². The maximum Gasteiger partial charge on any atom is 0.196 e. The summed E-state index contributed by atoms with van der Waals surface area (Å²) in [6, 6.07) is 6.89. The van der Waals surface area contributed by atoms with Gasteiger partial charge in [0.05, 0.1) is 12.5 Å². The molecule has 0 spiro atoms. The average molecular weight is 382 g/mol. The number of Topliss-reactive ketones (excluding diaryl/α,β-unsaturated/α-hetero) is 1. The molecule has 1 aliphatic carbocycles. The van der Waals surface area contributed by atoms with Crippen LogP contribution in [0, 0.1) is 6.92 Å². The molecule has 0 unspecified atom stereocenters. The first-order chi connectivity index (χ1) is 13.3. The Hall–Kier alpha value is -2.82. The highest BCUT2D eigenvalue weighted by Gasteiger charge is 2.48. The van der Waals surface area contributed by atoms with E-state index in [9.17, 15) is 14.7 Å². The second-order valence-electron chi connectivity index (χ2n) is 7.16. The molecule has 0 radical (unpaired) electrons. The number of carbonyl (C=O) groups excluding carboxylic acids is 1. The zero-order chi connectivity index (χ0) is 20.6. The Morgan fingerprint density at radius 3 is 2.32 bits per heavy atom. The first-order valence-electron chi connectivity index (χ1n) is 9.65. The molecule has 1 heterocycles. The summed E-state index contributed by atoms with van der Waals surface area (Å²) >= 11 is 0. The predicted octanol–water partition coefficient (Wildman–Crippen LogP) is 4.94. The van der Waals surface area contributed by atoms with Gasteiger partial charge in [-0.25, -0.2) is 0 Å². The number of allylic oxidation sites excluding steroid dienone is 1. The zero-order valence-electron chi connectivity index (χ0n) is 17.0. The summed E-state index contributed by atoms with van der Waals surface area (Å²) in [6.45, 7) is 7.53. The highest BCUT2D eigenvalue weighted by Crippen LogP contribution is 2.44. The number of ether oxygens (including phenoxy) is 1. The third kappa shape index (κ3) is 2.77. The fourth-order valence-corrected chi connectivity index (χ4v) is 4.10. The van der Waals surface area contributed by atoms with Crippen LogP contribution in [0.25, 0.3) is 17.1 Å². The Bertz CT molecular complexity index is 1020. The molecule has 0 bridgehead atoms. The SMILES string of the molecule is CCC1=C(O)c2c(oc(-c3ccc(OC)c(C)c3)cc2=O)C(CC)(CC)C1=O. The third-order valence-electron chi connectivity index (χ3n) is 5.85. The Morgan fingerprint density at radius 1 is 1.11 bits per heavy atom. The van der Waals surface area contributed by atoms with Gasteiger partial charge in [-0.2, -0.15) is 0 Å². The van der Waals surface area contributed by atoms with Crippen molar-refractivity contribution in [3.8, 4) is 17.1 Å². The maximum atomic E-state index is 13.2. The molecule has 0 amide bonds. The van der Waals surface area contributed by atoms with Crippen molar-refractivity contribution >= 4 is 11.5 Å². The number of methoxy groups -OCH3 is 1. The van der Waals surface area contributed by atoms with Gasteiger partial charge in [-0.1, -0.05) is 20.8 Å². The van der Waals surface area contributed by atoms with E-state index in [0.717, 1.165) is 16.9 Å². The minimum atomic E-state index is -0.941. The topological polar surface area (TPSA) is 76.7 Å². The number of fused-ring (bicyclic) bond motifs is 1. The molecule has 1 aromatic heterocycles. The first-order valence-corrected chi connectivity index (χ1v) is 9.65. The van der Waals surface area contributed by atoms with Crippen molar-refractivity contribution in [3.63, 3.8) is 0 Å². The van der Waals surface area contributed by atoms with Crippen LogP contribution in [0.4, 0.5) is 0 Å². The van der Waals surface area contributed by atoms with Crippen LogP contribution in [-0.2, 0) is 10.2 Å². The molecular formula is C23H26O5. The van der Waals surface area contributed by atoms with E-state index < -0.39 is 5.41 Å². The monoisotopic (exact) mass is 382 g/mol. The molecule has 1 N–H and O–H groups in total. The Morgan fingerprint density at radius 2 is 1.79 bits per heavy atom. The van der Waals surface area contributed by atoms with Crippen LogP contribution in [0.1, 0.15) is 56.9 Å². The lowest BCUT2D eigenvalue weighted by Gasteiger charge is -2.35. The number of carbonyl (C=O) groups is 1. The molecule has 0 fully saturated rings. The Balaban J connectivity index is 2.33. The van der Waals surface area contributed by atoms with Crippen LogP contribution in [0.15, 0.2) is 39.1 Å². The van der Waals surface area contributed by atoms with Crippen molar-refractivity contribution in [1.29, 1.82) is 0 Å². The van der Waals surface area contributed by atoms with Crippen LogP contribution < -0.4 is 10.2 Å². The summed E-state index contributed by atoms with van der Waals surface area (Å²) < 4.78 is 11.5. The molecule has 5 nitrogen and oxygen atoms in total. The summed E-state index contributed by atoms with van der Waals surface area (Å²) in [7, 11) is 1.60. The van der Waals surface area contributed by atoms with Gasteiger partial charge in [0.25, 0.3) is 0 Å². The molecule has 0 atom stereocenters. The fraction of sp³-hybridized carbons (Fsp3) is 0.391. The number of aryl methyl sites for hydroxylation is 1. The molecule has 2 aromatic rings. The van der Waals surface area contributed by atoms with E-state index in [0.29, 0.717) is 30.6 Å². The number of hydrogen-bond donors (Lipinski definition) is 1. The van der Waals surface area contributed by atoms with Crippen molar-refractivity contribution in [2.75, 3.05) is 7.11 Å². The number of benzene rings is 1. The van der Waals surface area contributed by atoms with Crippen LogP contribution >= 0.6 is 0 Å². The number of ketones is 1. The van der Waals surface area contributed by atoms with Crippen LogP contribution in [0.3, 0.4) is 0 Å². The third-order valence-corrected chi connectivity index (χ3v) is 5.85. The number of aliphatic hydroxyl groups excluding tert-OH is 1. The minimum Gasteiger partial charge on any atom is -0.507 e. The lowest BCUT2D eigenvalue weighted by atomic mass is 9.68. The molecule has 148 valence electrons. The van der Waals surface area contributed by atoms with Crippen LogP contribution in [0.5, 0.6) is 5.75 Å². The van der Waals surface area contributed by atoms with Gasteiger partial charge < -0.3 is 14.3 Å². The molecule has 0 saturated heterocycles. The average Bonchev–Trinajstić information content (AvgIpc) is 2.68. The van der Waals surface area contributed by atoms with Gasteiger partial charge in [0.2, 0.25) is 0 Å². The van der Waals surface area contributed by atoms with E-state index in [2.05, 4.69) is 0 Å². The smallest absolute Gasteiger partial charge is 0.196 e. The molecule has 5 heteroatoms. The van der Waals surface area contributed by atoms with Gasteiger partial charge in [0, 0.05) is 17.2 Å². The van der Waals surface area contributed by atoms with E-state index in [1.54, 1.807) is 14.0 Å². The highest BCUT2D eigenvalue weighted by atomic mass is 16.5. The van der Waals surface area contributed by atoms with Gasteiger partial charge in [-0.3, -0.25) is 9.59 Å². The lowest BCUT2D eigenvalue weighted by Crippen LogP contribution is -2.41. The second kappa shape index (κ2) is 7.30. The Kier molecular flexibility index (Phi) is 5.20. The molecule has 3 rings (SSSR count). The molecule has 1 aromatic carbocycles. The van der Waals surface area contributed by atoms with Crippen LogP contribution in [0.2, 0.25) is 0 Å². The largest absolute Gasteiger partial charge is 0.507 e. The van der Waals surface area contributed by atoms with E-state index in [4.69, 9.17) is 9.15 Å². The predicted molar refractivity (Wildman–Crippen MR) is 109 cm³/mol. The number of aliphatic hydroxyl groups is 1. The minimum absolute atomic E-state index is 0.120. The van der Waals surface area contributed by atoms with Crippen molar-refractivity contribution in [2.45, 2.75) is 52.4 Å². The van der Waals surface area contributed by atoms with E-state index in [1.165, 1.54) is 6.07 Å². The molecular weight excluding hydrogens is 356 g/mol. The van der Waals surface area contributed by atoms with Crippen molar-refractivity contribution in [1.82, 2.24) is 0 Å². The molecule has 28 heavy (non-hydrogen) atoms. The maximum absolute atomic E-state index is 13.2. The summed E-state index contributed by atoms with van der Waals surface area (Å²) in [5.74, 6) is 0.987. The fourth-order valence-electron chi connectivity index (χ4n) is 4.10. The molecule has 0 aliphatic heterocycles. The van der Waals surface area contributed by atoms with Crippen molar-refractivity contribution < 1.29 is 19.1 Å².